The molecule has 7 heteroatoms. The van der Waals surface area contributed by atoms with Crippen molar-refractivity contribution in [3.05, 3.63) is 60.2 Å². The predicted molar refractivity (Wildman–Crippen MR) is 111 cm³/mol. The van der Waals surface area contributed by atoms with Crippen LogP contribution < -0.4 is 15.6 Å². The van der Waals surface area contributed by atoms with Crippen molar-refractivity contribution < 1.29 is 9.53 Å². The number of amides is 1. The van der Waals surface area contributed by atoms with E-state index in [-0.39, 0.29) is 24.0 Å². The molecule has 7 nitrogen and oxygen atoms in total. The molecule has 0 aliphatic carbocycles. The van der Waals surface area contributed by atoms with Crippen molar-refractivity contribution in [1.82, 2.24) is 20.7 Å². The third-order valence-corrected chi connectivity index (χ3v) is 6.41. The Kier molecular flexibility index (Phi) is 5.03. The zero-order chi connectivity index (χ0) is 20.5. The van der Waals surface area contributed by atoms with Crippen molar-refractivity contribution in [3.8, 4) is 17.7 Å². The summed E-state index contributed by atoms with van der Waals surface area (Å²) in [6, 6.07) is 17.8. The van der Waals surface area contributed by atoms with Gasteiger partial charge in [0.1, 0.15) is 17.5 Å². The molecule has 3 heterocycles. The van der Waals surface area contributed by atoms with Gasteiger partial charge >= 0.3 is 0 Å². The summed E-state index contributed by atoms with van der Waals surface area (Å²) in [7, 11) is 0. The highest BCUT2D eigenvalue weighted by molar-refractivity contribution is 5.83. The van der Waals surface area contributed by atoms with Crippen molar-refractivity contribution in [2.24, 2.45) is 0 Å². The quantitative estimate of drug-likeness (QED) is 0.764. The molecule has 3 saturated heterocycles. The Morgan fingerprint density at radius 3 is 2.67 bits per heavy atom. The monoisotopic (exact) mass is 403 g/mol. The lowest BCUT2D eigenvalue weighted by Crippen LogP contribution is -2.52. The summed E-state index contributed by atoms with van der Waals surface area (Å²) in [4.78, 5) is 17.0. The van der Waals surface area contributed by atoms with Crippen LogP contribution in [0.15, 0.2) is 54.6 Å². The zero-order valence-electron chi connectivity index (χ0n) is 16.7. The van der Waals surface area contributed by atoms with Gasteiger partial charge in [-0.1, -0.05) is 36.4 Å². The van der Waals surface area contributed by atoms with Crippen molar-refractivity contribution in [3.63, 3.8) is 0 Å². The lowest BCUT2D eigenvalue weighted by atomic mass is 9.98. The highest BCUT2D eigenvalue weighted by Gasteiger charge is 2.44. The fourth-order valence-electron chi connectivity index (χ4n) is 4.87. The number of nitriles is 1. The van der Waals surface area contributed by atoms with Gasteiger partial charge in [0.2, 0.25) is 5.91 Å². The van der Waals surface area contributed by atoms with Gasteiger partial charge in [0, 0.05) is 24.7 Å². The SMILES string of the molecule is N#CN1C[C@H]2C[C@@H]1CCN2C(=O)C1CC(c2ccccc2Oc2ccccc2)NN1. The fraction of sp³-hybridized carbons (Fsp3) is 0.391. The molecule has 4 atom stereocenters. The third kappa shape index (κ3) is 3.49. The normalized spacial score (nSPS) is 27.7. The number of nitrogens with zero attached hydrogens (tertiary/aromatic N) is 3. The Morgan fingerprint density at radius 2 is 1.83 bits per heavy atom. The van der Waals surface area contributed by atoms with Gasteiger partial charge in [-0.15, -0.1) is 0 Å². The second-order valence-corrected chi connectivity index (χ2v) is 8.20. The van der Waals surface area contributed by atoms with Crippen LogP contribution in [0.2, 0.25) is 0 Å². The van der Waals surface area contributed by atoms with Gasteiger partial charge in [0.25, 0.3) is 0 Å². The van der Waals surface area contributed by atoms with Crippen LogP contribution >= 0.6 is 0 Å². The maximum atomic E-state index is 13.2. The van der Waals surface area contributed by atoms with Crippen LogP contribution in [0.25, 0.3) is 0 Å². The summed E-state index contributed by atoms with van der Waals surface area (Å²) < 4.78 is 6.10. The molecule has 3 fully saturated rings. The summed E-state index contributed by atoms with van der Waals surface area (Å²) in [5.74, 6) is 1.70. The predicted octanol–water partition coefficient (Wildman–Crippen LogP) is 2.54. The molecule has 2 aromatic carbocycles. The number of piperidine rings is 1. The summed E-state index contributed by atoms with van der Waals surface area (Å²) in [5, 5.41) is 9.28. The average molecular weight is 403 g/mol. The molecule has 0 aromatic heterocycles. The summed E-state index contributed by atoms with van der Waals surface area (Å²) in [6.45, 7) is 1.38. The second-order valence-electron chi connectivity index (χ2n) is 8.20. The molecular weight excluding hydrogens is 378 g/mol. The first-order valence-corrected chi connectivity index (χ1v) is 10.5. The van der Waals surface area contributed by atoms with E-state index in [2.05, 4.69) is 17.0 Å². The highest BCUT2D eigenvalue weighted by Crippen LogP contribution is 2.35. The van der Waals surface area contributed by atoms with E-state index in [9.17, 15) is 10.1 Å². The Hall–Kier alpha value is -3.08. The summed E-state index contributed by atoms with van der Waals surface area (Å²) >= 11 is 0. The van der Waals surface area contributed by atoms with E-state index in [0.717, 1.165) is 36.4 Å². The second kappa shape index (κ2) is 7.98. The number of ether oxygens (including phenoxy) is 1. The standard InChI is InChI=1S/C23H25N5O2/c24-15-27-14-17-12-16(27)10-11-28(17)23(29)21-13-20(25-26-21)19-8-4-5-9-22(19)30-18-6-2-1-3-7-18/h1-9,16-17,20-21,25-26H,10-14H2/t16-,17+,20?,21?/m0/s1. The minimum Gasteiger partial charge on any atom is -0.457 e. The van der Waals surface area contributed by atoms with Crippen LogP contribution in [0.1, 0.15) is 30.9 Å². The Bertz CT molecular complexity index is 960. The molecule has 3 aliphatic rings. The number of hydrogen-bond acceptors (Lipinski definition) is 6. The zero-order valence-corrected chi connectivity index (χ0v) is 16.7. The molecular formula is C23H25N5O2. The van der Waals surface area contributed by atoms with E-state index in [1.165, 1.54) is 0 Å². The Morgan fingerprint density at radius 1 is 1.03 bits per heavy atom. The number of carbonyl (C=O) groups is 1. The first kappa shape index (κ1) is 18.9. The molecule has 0 radical (unpaired) electrons. The van der Waals surface area contributed by atoms with E-state index in [4.69, 9.17) is 4.74 Å². The van der Waals surface area contributed by atoms with Gasteiger partial charge in [-0.3, -0.25) is 4.79 Å². The van der Waals surface area contributed by atoms with E-state index >= 15 is 0 Å². The summed E-state index contributed by atoms with van der Waals surface area (Å²) in [6.07, 6.45) is 4.70. The average Bonchev–Trinajstić information content (AvgIpc) is 3.39. The molecule has 154 valence electrons. The lowest BCUT2D eigenvalue weighted by molar-refractivity contribution is -0.136. The molecule has 2 bridgehead atoms. The van der Waals surface area contributed by atoms with Gasteiger partial charge in [-0.05, 0) is 37.5 Å². The number of hydrogen-bond donors (Lipinski definition) is 2. The van der Waals surface area contributed by atoms with Crippen LogP contribution in [0, 0.1) is 11.5 Å². The van der Waals surface area contributed by atoms with Gasteiger partial charge in [0.05, 0.1) is 12.1 Å². The van der Waals surface area contributed by atoms with Crippen LogP contribution in [0.3, 0.4) is 0 Å². The molecule has 2 N–H and O–H groups in total. The minimum atomic E-state index is -0.285. The molecule has 3 aliphatic heterocycles. The van der Waals surface area contributed by atoms with Crippen molar-refractivity contribution in [1.29, 1.82) is 5.26 Å². The maximum Gasteiger partial charge on any atom is 0.241 e. The molecule has 1 amide bonds. The number of para-hydroxylation sites is 2. The maximum absolute atomic E-state index is 13.2. The van der Waals surface area contributed by atoms with Gasteiger partial charge < -0.3 is 14.5 Å². The number of hydrazine groups is 1. The molecule has 30 heavy (non-hydrogen) atoms. The molecule has 2 unspecified atom stereocenters. The van der Waals surface area contributed by atoms with Gasteiger partial charge in [0.15, 0.2) is 6.19 Å². The van der Waals surface area contributed by atoms with Crippen LogP contribution in [0.4, 0.5) is 0 Å². The molecule has 0 spiro atoms. The lowest BCUT2D eigenvalue weighted by Gasteiger charge is -2.33. The number of carbonyl (C=O) groups excluding carboxylic acids is 1. The smallest absolute Gasteiger partial charge is 0.241 e. The van der Waals surface area contributed by atoms with E-state index in [1.54, 1.807) is 0 Å². The first-order valence-electron chi connectivity index (χ1n) is 10.5. The highest BCUT2D eigenvalue weighted by atomic mass is 16.5. The van der Waals surface area contributed by atoms with Crippen LogP contribution in [0.5, 0.6) is 11.5 Å². The Balaban J connectivity index is 1.28. The first-order chi connectivity index (χ1) is 14.7. The number of rotatable bonds is 4. The third-order valence-electron chi connectivity index (χ3n) is 6.41. The topological polar surface area (TPSA) is 80.6 Å². The number of benzene rings is 2. The van der Waals surface area contributed by atoms with Crippen molar-refractivity contribution in [2.75, 3.05) is 13.1 Å². The van der Waals surface area contributed by atoms with Crippen molar-refractivity contribution >= 4 is 5.91 Å². The van der Waals surface area contributed by atoms with E-state index < -0.39 is 0 Å². The summed E-state index contributed by atoms with van der Waals surface area (Å²) in [5.41, 5.74) is 7.52. The minimum absolute atomic E-state index is 0.0180. The van der Waals surface area contributed by atoms with Crippen molar-refractivity contribution in [2.45, 2.75) is 43.4 Å². The Labute approximate surface area is 176 Å². The number of fused-ring (bicyclic) bond motifs is 2. The largest absolute Gasteiger partial charge is 0.457 e. The fourth-order valence-corrected chi connectivity index (χ4v) is 4.87. The molecule has 0 saturated carbocycles. The molecule has 5 rings (SSSR count). The van der Waals surface area contributed by atoms with Crippen LogP contribution in [-0.4, -0.2) is 46.9 Å². The van der Waals surface area contributed by atoms with Gasteiger partial charge in [-0.2, -0.15) is 5.26 Å². The number of likely N-dealkylation sites (tertiary alicyclic amines) is 2. The van der Waals surface area contributed by atoms with E-state index in [0.29, 0.717) is 19.0 Å². The number of nitrogens with one attached hydrogen (secondary N) is 2. The molecule has 2 aromatic rings. The van der Waals surface area contributed by atoms with Gasteiger partial charge in [-0.25, -0.2) is 10.9 Å². The van der Waals surface area contributed by atoms with E-state index in [1.807, 2.05) is 64.4 Å². The van der Waals surface area contributed by atoms with Crippen LogP contribution in [-0.2, 0) is 4.79 Å².